The van der Waals surface area contributed by atoms with Crippen molar-refractivity contribution in [3.05, 3.63) is 24.0 Å². The van der Waals surface area contributed by atoms with Crippen LogP contribution in [0.3, 0.4) is 0 Å². The number of halogens is 1. The summed E-state index contributed by atoms with van der Waals surface area (Å²) >= 11 is 0. The number of anilines is 2. The van der Waals surface area contributed by atoms with Crippen LogP contribution in [0.4, 0.5) is 15.8 Å². The van der Waals surface area contributed by atoms with Crippen LogP contribution in [0.2, 0.25) is 0 Å². The van der Waals surface area contributed by atoms with Crippen LogP contribution in [0.15, 0.2) is 18.2 Å². The SMILES string of the molecule is CC(=O)Nc1ccc(F)c(NC2CCC(C)C(C)C2)c1. The second-order valence-electron chi connectivity index (χ2n) is 5.98. The van der Waals surface area contributed by atoms with E-state index in [4.69, 9.17) is 0 Å². The second kappa shape index (κ2) is 6.25. The lowest BCUT2D eigenvalue weighted by atomic mass is 9.79. The van der Waals surface area contributed by atoms with Crippen molar-refractivity contribution in [3.63, 3.8) is 0 Å². The van der Waals surface area contributed by atoms with E-state index in [-0.39, 0.29) is 11.7 Å². The molecule has 0 spiro atoms. The van der Waals surface area contributed by atoms with Crippen molar-refractivity contribution in [2.45, 2.75) is 46.1 Å². The summed E-state index contributed by atoms with van der Waals surface area (Å²) < 4.78 is 13.9. The van der Waals surface area contributed by atoms with Gasteiger partial charge in [0.15, 0.2) is 0 Å². The topological polar surface area (TPSA) is 41.1 Å². The van der Waals surface area contributed by atoms with Gasteiger partial charge in [0.1, 0.15) is 5.82 Å². The Morgan fingerprint density at radius 2 is 2.00 bits per heavy atom. The summed E-state index contributed by atoms with van der Waals surface area (Å²) in [4.78, 5) is 11.1. The molecule has 0 saturated heterocycles. The molecule has 0 heterocycles. The van der Waals surface area contributed by atoms with Gasteiger partial charge in [-0.25, -0.2) is 4.39 Å². The highest BCUT2D eigenvalue weighted by Crippen LogP contribution is 2.32. The van der Waals surface area contributed by atoms with E-state index in [1.54, 1.807) is 12.1 Å². The average Bonchev–Trinajstić information content (AvgIpc) is 2.37. The fraction of sp³-hybridized carbons (Fsp3) is 0.562. The maximum absolute atomic E-state index is 13.9. The molecule has 3 nitrogen and oxygen atoms in total. The van der Waals surface area contributed by atoms with Crippen LogP contribution in [0.25, 0.3) is 0 Å². The van der Waals surface area contributed by atoms with Crippen LogP contribution in [0, 0.1) is 17.7 Å². The average molecular weight is 278 g/mol. The standard InChI is InChI=1S/C16H23FN2O/c1-10-4-5-13(8-11(10)2)19-16-9-14(18-12(3)20)6-7-15(16)17/h6-7,9-11,13,19H,4-5,8H2,1-3H3,(H,18,20). The van der Waals surface area contributed by atoms with Crippen molar-refractivity contribution in [1.29, 1.82) is 0 Å². The van der Waals surface area contributed by atoms with Crippen LogP contribution < -0.4 is 10.6 Å². The minimum absolute atomic E-state index is 0.150. The van der Waals surface area contributed by atoms with Gasteiger partial charge in [-0.1, -0.05) is 13.8 Å². The molecule has 3 unspecified atom stereocenters. The first-order valence-electron chi connectivity index (χ1n) is 7.29. The maximum atomic E-state index is 13.9. The van der Waals surface area contributed by atoms with Crippen molar-refractivity contribution in [3.8, 4) is 0 Å². The summed E-state index contributed by atoms with van der Waals surface area (Å²) in [6.45, 7) is 5.97. The number of nitrogens with one attached hydrogen (secondary N) is 2. The number of rotatable bonds is 3. The highest BCUT2D eigenvalue weighted by molar-refractivity contribution is 5.89. The molecule has 0 aliphatic heterocycles. The molecule has 1 aliphatic carbocycles. The number of hydrogen-bond acceptors (Lipinski definition) is 2. The third-order valence-electron chi connectivity index (χ3n) is 4.24. The lowest BCUT2D eigenvalue weighted by molar-refractivity contribution is -0.114. The van der Waals surface area contributed by atoms with E-state index in [9.17, 15) is 9.18 Å². The van der Waals surface area contributed by atoms with Gasteiger partial charge in [-0.3, -0.25) is 4.79 Å². The van der Waals surface area contributed by atoms with Gasteiger partial charge in [-0.2, -0.15) is 0 Å². The Kier molecular flexibility index (Phi) is 4.63. The fourth-order valence-electron chi connectivity index (χ4n) is 2.82. The van der Waals surface area contributed by atoms with Gasteiger partial charge in [0, 0.05) is 18.7 Å². The molecule has 2 N–H and O–H groups in total. The molecule has 110 valence electrons. The maximum Gasteiger partial charge on any atom is 0.221 e. The van der Waals surface area contributed by atoms with Crippen molar-refractivity contribution in [2.75, 3.05) is 10.6 Å². The minimum Gasteiger partial charge on any atom is -0.380 e. The molecule has 4 heteroatoms. The van der Waals surface area contributed by atoms with E-state index < -0.39 is 0 Å². The highest BCUT2D eigenvalue weighted by atomic mass is 19.1. The van der Waals surface area contributed by atoms with E-state index in [1.807, 2.05) is 0 Å². The number of hydrogen-bond donors (Lipinski definition) is 2. The number of carbonyl (C=O) groups excluding carboxylic acids is 1. The Bertz CT molecular complexity index is 489. The van der Waals surface area contributed by atoms with Crippen LogP contribution in [-0.4, -0.2) is 11.9 Å². The second-order valence-corrected chi connectivity index (χ2v) is 5.98. The van der Waals surface area contributed by atoms with E-state index in [2.05, 4.69) is 24.5 Å². The van der Waals surface area contributed by atoms with E-state index in [0.29, 0.717) is 23.3 Å². The predicted molar refractivity (Wildman–Crippen MR) is 80.3 cm³/mol. The third-order valence-corrected chi connectivity index (χ3v) is 4.24. The lowest BCUT2D eigenvalue weighted by Gasteiger charge is -2.33. The van der Waals surface area contributed by atoms with Gasteiger partial charge >= 0.3 is 0 Å². The first kappa shape index (κ1) is 14.8. The minimum atomic E-state index is -0.273. The van der Waals surface area contributed by atoms with Crippen molar-refractivity contribution in [2.24, 2.45) is 11.8 Å². The van der Waals surface area contributed by atoms with E-state index in [0.717, 1.165) is 18.8 Å². The molecule has 0 bridgehead atoms. The van der Waals surface area contributed by atoms with Gasteiger partial charge in [0.2, 0.25) is 5.91 Å². The lowest BCUT2D eigenvalue weighted by Crippen LogP contribution is -2.30. The smallest absolute Gasteiger partial charge is 0.221 e. The monoisotopic (exact) mass is 278 g/mol. The zero-order valence-electron chi connectivity index (χ0n) is 12.4. The highest BCUT2D eigenvalue weighted by Gasteiger charge is 2.24. The van der Waals surface area contributed by atoms with E-state index in [1.165, 1.54) is 19.4 Å². The Labute approximate surface area is 120 Å². The Balaban J connectivity index is 2.06. The predicted octanol–water partition coefficient (Wildman–Crippen LogP) is 4.02. The van der Waals surface area contributed by atoms with Crippen molar-refractivity contribution < 1.29 is 9.18 Å². The third kappa shape index (κ3) is 3.71. The molecular weight excluding hydrogens is 255 g/mol. The largest absolute Gasteiger partial charge is 0.380 e. The van der Waals surface area contributed by atoms with Crippen LogP contribution in [0.5, 0.6) is 0 Å². The molecule has 1 aromatic rings. The number of amides is 1. The van der Waals surface area contributed by atoms with Gasteiger partial charge < -0.3 is 10.6 Å². The molecule has 1 aromatic carbocycles. The molecule has 3 atom stereocenters. The molecule has 1 saturated carbocycles. The number of carbonyl (C=O) groups is 1. The zero-order valence-corrected chi connectivity index (χ0v) is 12.4. The molecule has 0 radical (unpaired) electrons. The first-order valence-corrected chi connectivity index (χ1v) is 7.29. The first-order chi connectivity index (χ1) is 9.45. The quantitative estimate of drug-likeness (QED) is 0.876. The molecule has 1 aliphatic rings. The zero-order chi connectivity index (χ0) is 14.7. The van der Waals surface area contributed by atoms with Gasteiger partial charge in [-0.05, 0) is 49.3 Å². The van der Waals surface area contributed by atoms with E-state index >= 15 is 0 Å². The molecule has 2 rings (SSSR count). The van der Waals surface area contributed by atoms with Crippen LogP contribution in [0.1, 0.15) is 40.0 Å². The van der Waals surface area contributed by atoms with Crippen LogP contribution >= 0.6 is 0 Å². The fourth-order valence-corrected chi connectivity index (χ4v) is 2.82. The van der Waals surface area contributed by atoms with Crippen LogP contribution in [-0.2, 0) is 4.79 Å². The Morgan fingerprint density at radius 1 is 1.25 bits per heavy atom. The van der Waals surface area contributed by atoms with Crippen molar-refractivity contribution >= 4 is 17.3 Å². The summed E-state index contributed by atoms with van der Waals surface area (Å²) in [7, 11) is 0. The molecule has 20 heavy (non-hydrogen) atoms. The normalized spacial score (nSPS) is 26.1. The van der Waals surface area contributed by atoms with Gasteiger partial charge in [0.05, 0.1) is 5.69 Å². The molecule has 0 aromatic heterocycles. The Hall–Kier alpha value is -1.58. The Morgan fingerprint density at radius 3 is 2.65 bits per heavy atom. The summed E-state index contributed by atoms with van der Waals surface area (Å²) in [5.41, 5.74) is 1.10. The summed E-state index contributed by atoms with van der Waals surface area (Å²) in [6.07, 6.45) is 3.30. The molecule has 1 fully saturated rings. The summed E-state index contributed by atoms with van der Waals surface area (Å²) in [5.74, 6) is 0.972. The van der Waals surface area contributed by atoms with Crippen molar-refractivity contribution in [1.82, 2.24) is 0 Å². The van der Waals surface area contributed by atoms with Gasteiger partial charge in [-0.15, -0.1) is 0 Å². The summed E-state index contributed by atoms with van der Waals surface area (Å²) in [6, 6.07) is 4.94. The molecule has 1 amide bonds. The number of benzene rings is 1. The van der Waals surface area contributed by atoms with Gasteiger partial charge in [0.25, 0.3) is 0 Å². The summed E-state index contributed by atoms with van der Waals surface area (Å²) in [5, 5.41) is 5.97. The molecular formula is C16H23FN2O.